The zero-order chi connectivity index (χ0) is 20.5. The predicted molar refractivity (Wildman–Crippen MR) is 98.7 cm³/mol. The Balaban J connectivity index is 1.89. The van der Waals surface area contributed by atoms with Crippen molar-refractivity contribution in [3.05, 3.63) is 30.6 Å². The average Bonchev–Trinajstić information content (AvgIpc) is 2.65. The second kappa shape index (κ2) is 7.90. The van der Waals surface area contributed by atoms with Crippen molar-refractivity contribution in [1.29, 1.82) is 0 Å². The first-order valence-electron chi connectivity index (χ1n) is 9.16. The van der Waals surface area contributed by atoms with Crippen LogP contribution >= 0.6 is 0 Å². The highest BCUT2D eigenvalue weighted by molar-refractivity contribution is 5.88. The summed E-state index contributed by atoms with van der Waals surface area (Å²) in [5.41, 5.74) is 1.65. The second-order valence-corrected chi connectivity index (χ2v) is 7.47. The molecule has 0 saturated carbocycles. The molecule has 2 aromatic rings. The van der Waals surface area contributed by atoms with Crippen LogP contribution in [-0.2, 0) is 4.79 Å². The highest BCUT2D eigenvalue weighted by atomic mass is 19.4. The molecule has 0 radical (unpaired) electrons. The fraction of sp³-hybridized carbons (Fsp3) is 0.526. The normalized spacial score (nSPS) is 21.8. The molecule has 152 valence electrons. The maximum Gasteiger partial charge on any atom is 0.393 e. The SMILES string of the molecule is CC(C)[C@H](O)C(=O)NC1CC(C(F)(F)F)CN(c2cccc3nccnc23)C1. The summed E-state index contributed by atoms with van der Waals surface area (Å²) in [6.07, 6.45) is -2.86. The monoisotopic (exact) mass is 396 g/mol. The molecule has 0 spiro atoms. The number of anilines is 1. The number of alkyl halides is 3. The molecule has 1 saturated heterocycles. The number of hydrogen-bond donors (Lipinski definition) is 2. The number of carbonyl (C=O) groups is 1. The minimum atomic E-state index is -4.39. The molecule has 1 aliphatic rings. The fourth-order valence-corrected chi connectivity index (χ4v) is 3.46. The highest BCUT2D eigenvalue weighted by Crippen LogP contribution is 2.36. The van der Waals surface area contributed by atoms with Gasteiger partial charge < -0.3 is 15.3 Å². The van der Waals surface area contributed by atoms with Crippen molar-refractivity contribution >= 4 is 22.6 Å². The summed E-state index contributed by atoms with van der Waals surface area (Å²) in [4.78, 5) is 22.2. The lowest BCUT2D eigenvalue weighted by Crippen LogP contribution is -2.55. The maximum atomic E-state index is 13.5. The molecular formula is C19H23F3N4O2. The lowest BCUT2D eigenvalue weighted by atomic mass is 9.92. The molecular weight excluding hydrogens is 373 g/mol. The van der Waals surface area contributed by atoms with Gasteiger partial charge in [-0.15, -0.1) is 0 Å². The summed E-state index contributed by atoms with van der Waals surface area (Å²) in [7, 11) is 0. The third-order valence-corrected chi connectivity index (χ3v) is 4.98. The number of para-hydroxylation sites is 1. The number of carbonyl (C=O) groups excluding carboxylic acids is 1. The van der Waals surface area contributed by atoms with Crippen LogP contribution in [0.25, 0.3) is 11.0 Å². The second-order valence-electron chi connectivity index (χ2n) is 7.47. The van der Waals surface area contributed by atoms with Crippen molar-refractivity contribution in [2.45, 2.75) is 38.6 Å². The molecule has 0 aliphatic carbocycles. The van der Waals surface area contributed by atoms with Crippen molar-refractivity contribution in [2.24, 2.45) is 11.8 Å². The van der Waals surface area contributed by atoms with Crippen LogP contribution in [0.2, 0.25) is 0 Å². The van der Waals surface area contributed by atoms with Crippen LogP contribution < -0.4 is 10.2 Å². The van der Waals surface area contributed by atoms with Gasteiger partial charge in [-0.05, 0) is 24.5 Å². The molecule has 28 heavy (non-hydrogen) atoms. The predicted octanol–water partition coefficient (Wildman–Crippen LogP) is 2.52. The van der Waals surface area contributed by atoms with E-state index >= 15 is 0 Å². The summed E-state index contributed by atoms with van der Waals surface area (Å²) in [6.45, 7) is 3.31. The summed E-state index contributed by atoms with van der Waals surface area (Å²) < 4.78 is 40.6. The Kier molecular flexibility index (Phi) is 5.74. The largest absolute Gasteiger partial charge is 0.393 e. The van der Waals surface area contributed by atoms with Gasteiger partial charge in [0.25, 0.3) is 0 Å². The number of halogens is 3. The third-order valence-electron chi connectivity index (χ3n) is 4.98. The number of nitrogens with one attached hydrogen (secondary N) is 1. The number of fused-ring (bicyclic) bond motifs is 1. The van der Waals surface area contributed by atoms with Gasteiger partial charge in [0.15, 0.2) is 0 Å². The Morgan fingerprint density at radius 1 is 1.25 bits per heavy atom. The molecule has 1 amide bonds. The van der Waals surface area contributed by atoms with Crippen molar-refractivity contribution in [3.8, 4) is 0 Å². The molecule has 1 fully saturated rings. The van der Waals surface area contributed by atoms with Crippen LogP contribution in [0.5, 0.6) is 0 Å². The zero-order valence-corrected chi connectivity index (χ0v) is 15.6. The summed E-state index contributed by atoms with van der Waals surface area (Å²) >= 11 is 0. The number of aliphatic hydroxyl groups is 1. The van der Waals surface area contributed by atoms with Gasteiger partial charge in [0.05, 0.1) is 17.1 Å². The molecule has 6 nitrogen and oxygen atoms in total. The van der Waals surface area contributed by atoms with Gasteiger partial charge in [-0.1, -0.05) is 19.9 Å². The summed E-state index contributed by atoms with van der Waals surface area (Å²) in [6, 6.07) is 4.43. The Bertz CT molecular complexity index is 838. The van der Waals surface area contributed by atoms with Crippen molar-refractivity contribution in [2.75, 3.05) is 18.0 Å². The Morgan fingerprint density at radius 3 is 2.64 bits per heavy atom. The van der Waals surface area contributed by atoms with Gasteiger partial charge >= 0.3 is 6.18 Å². The molecule has 2 unspecified atom stereocenters. The number of aromatic nitrogens is 2. The van der Waals surface area contributed by atoms with Gasteiger partial charge in [-0.3, -0.25) is 14.8 Å². The molecule has 0 bridgehead atoms. The first-order chi connectivity index (χ1) is 13.2. The van der Waals surface area contributed by atoms with Crippen LogP contribution in [0, 0.1) is 11.8 Å². The molecule has 3 rings (SSSR count). The minimum Gasteiger partial charge on any atom is -0.383 e. The van der Waals surface area contributed by atoms with E-state index in [0.717, 1.165) is 0 Å². The maximum absolute atomic E-state index is 13.5. The number of nitrogens with zero attached hydrogens (tertiary/aromatic N) is 3. The van der Waals surface area contributed by atoms with Gasteiger partial charge in [-0.25, -0.2) is 0 Å². The first-order valence-corrected chi connectivity index (χ1v) is 9.16. The Hall–Kier alpha value is -2.42. The Labute approximate surface area is 160 Å². The van der Waals surface area contributed by atoms with Gasteiger partial charge in [0.2, 0.25) is 5.91 Å². The van der Waals surface area contributed by atoms with Crippen LogP contribution in [0.3, 0.4) is 0 Å². The van der Waals surface area contributed by atoms with Gasteiger partial charge in [-0.2, -0.15) is 13.2 Å². The first kappa shape index (κ1) is 20.3. The molecule has 1 aromatic carbocycles. The topological polar surface area (TPSA) is 78.4 Å². The number of hydrogen-bond acceptors (Lipinski definition) is 5. The van der Waals surface area contributed by atoms with Gasteiger partial charge in [0, 0.05) is 31.5 Å². The van der Waals surface area contributed by atoms with Crippen molar-refractivity contribution < 1.29 is 23.1 Å². The molecule has 9 heteroatoms. The zero-order valence-electron chi connectivity index (χ0n) is 15.6. The van der Waals surface area contributed by atoms with E-state index in [2.05, 4.69) is 15.3 Å². The van der Waals surface area contributed by atoms with Crippen LogP contribution in [-0.4, -0.2) is 52.4 Å². The number of amides is 1. The number of aliphatic hydroxyl groups excluding tert-OH is 1. The number of benzene rings is 1. The van der Waals surface area contributed by atoms with E-state index in [9.17, 15) is 23.1 Å². The molecule has 1 aromatic heterocycles. The number of rotatable bonds is 4. The standard InChI is InChI=1S/C19H23F3N4O2/c1-11(2)17(27)18(28)25-13-8-12(19(20,21)22)9-26(10-13)15-5-3-4-14-16(15)24-7-6-23-14/h3-7,11-13,17,27H,8-10H2,1-2H3,(H,25,28)/t12?,13?,17-/m0/s1. The third kappa shape index (κ3) is 4.35. The van der Waals surface area contributed by atoms with Crippen LogP contribution in [0.4, 0.5) is 18.9 Å². The lowest BCUT2D eigenvalue weighted by molar-refractivity contribution is -0.178. The van der Waals surface area contributed by atoms with Crippen molar-refractivity contribution in [3.63, 3.8) is 0 Å². The van der Waals surface area contributed by atoms with Crippen LogP contribution in [0.1, 0.15) is 20.3 Å². The average molecular weight is 396 g/mol. The lowest BCUT2D eigenvalue weighted by Gasteiger charge is -2.40. The van der Waals surface area contributed by atoms with E-state index < -0.39 is 30.1 Å². The smallest absolute Gasteiger partial charge is 0.383 e. The molecule has 2 heterocycles. The number of piperidine rings is 1. The quantitative estimate of drug-likeness (QED) is 0.831. The molecule has 2 N–H and O–H groups in total. The van der Waals surface area contributed by atoms with E-state index in [4.69, 9.17) is 0 Å². The highest BCUT2D eigenvalue weighted by Gasteiger charge is 2.45. The molecule has 3 atom stereocenters. The minimum absolute atomic E-state index is 0.193. The van der Waals surface area contributed by atoms with E-state index in [1.807, 2.05) is 0 Å². The van der Waals surface area contributed by atoms with Crippen molar-refractivity contribution in [1.82, 2.24) is 15.3 Å². The fourth-order valence-electron chi connectivity index (χ4n) is 3.46. The summed E-state index contributed by atoms with van der Waals surface area (Å²) in [5.74, 6) is -2.58. The van der Waals surface area contributed by atoms with E-state index in [1.54, 1.807) is 36.9 Å². The summed E-state index contributed by atoms with van der Waals surface area (Å²) in [5, 5.41) is 12.5. The van der Waals surface area contributed by atoms with E-state index in [-0.39, 0.29) is 25.4 Å². The van der Waals surface area contributed by atoms with E-state index in [0.29, 0.717) is 16.7 Å². The van der Waals surface area contributed by atoms with Crippen LogP contribution in [0.15, 0.2) is 30.6 Å². The van der Waals surface area contributed by atoms with Gasteiger partial charge in [0.1, 0.15) is 11.6 Å². The molecule has 1 aliphatic heterocycles. The Morgan fingerprint density at radius 2 is 1.96 bits per heavy atom. The van der Waals surface area contributed by atoms with E-state index in [1.165, 1.54) is 12.4 Å².